The number of nitrogens with zero attached hydrogens (tertiary/aromatic N) is 1. The van der Waals surface area contributed by atoms with Crippen molar-refractivity contribution in [3.05, 3.63) is 57.3 Å². The van der Waals surface area contributed by atoms with Gasteiger partial charge in [0.05, 0.1) is 0 Å². The van der Waals surface area contributed by atoms with Crippen LogP contribution in [0.1, 0.15) is 24.6 Å². The molecule has 1 heterocycles. The van der Waals surface area contributed by atoms with E-state index in [1.54, 1.807) is 0 Å². The molecule has 1 aromatic carbocycles. The molecule has 0 saturated carbocycles. The first-order valence-electron chi connectivity index (χ1n) is 6.49. The van der Waals surface area contributed by atoms with Crippen molar-refractivity contribution in [1.29, 1.82) is 0 Å². The second kappa shape index (κ2) is 7.13. The van der Waals surface area contributed by atoms with Gasteiger partial charge in [0.15, 0.2) is 0 Å². The van der Waals surface area contributed by atoms with Crippen molar-refractivity contribution in [1.82, 2.24) is 9.88 Å². The highest BCUT2D eigenvalue weighted by Gasteiger charge is 2.05. The summed E-state index contributed by atoms with van der Waals surface area (Å²) in [5.41, 5.74) is 2.42. The van der Waals surface area contributed by atoms with Gasteiger partial charge in [-0.25, -0.2) is 0 Å². The summed E-state index contributed by atoms with van der Waals surface area (Å²) in [6.07, 6.45) is 3.25. The molecule has 2 aromatic rings. The fourth-order valence-corrected chi connectivity index (χ4v) is 2.72. The summed E-state index contributed by atoms with van der Waals surface area (Å²) in [4.78, 5) is 0. The Morgan fingerprint density at radius 3 is 2.89 bits per heavy atom. The lowest BCUT2D eigenvalue weighted by Crippen LogP contribution is -2.17. The minimum absolute atomic E-state index is 0.801. The number of hydrogen-bond donors (Lipinski definition) is 1. The Labute approximate surface area is 127 Å². The van der Waals surface area contributed by atoms with E-state index in [2.05, 4.69) is 57.1 Å². The maximum absolute atomic E-state index is 6.27. The zero-order valence-electron chi connectivity index (χ0n) is 11.0. The quantitative estimate of drug-likeness (QED) is 0.768. The van der Waals surface area contributed by atoms with Crippen LogP contribution in [0.3, 0.4) is 0 Å². The average molecular weight is 342 g/mol. The molecule has 0 atom stereocenters. The van der Waals surface area contributed by atoms with Crippen molar-refractivity contribution >= 4 is 27.5 Å². The van der Waals surface area contributed by atoms with Gasteiger partial charge in [0.1, 0.15) is 0 Å². The average Bonchev–Trinajstić information content (AvgIpc) is 2.81. The van der Waals surface area contributed by atoms with E-state index >= 15 is 0 Å². The van der Waals surface area contributed by atoms with Gasteiger partial charge in [0, 0.05) is 34.5 Å². The first-order valence-corrected chi connectivity index (χ1v) is 7.66. The van der Waals surface area contributed by atoms with Gasteiger partial charge in [-0.3, -0.25) is 0 Å². The molecule has 0 unspecified atom stereocenters. The smallest absolute Gasteiger partial charge is 0.0488 e. The zero-order chi connectivity index (χ0) is 13.7. The third-order valence-electron chi connectivity index (χ3n) is 3.01. The third kappa shape index (κ3) is 4.10. The third-order valence-corrected chi connectivity index (χ3v) is 3.86. The Hall–Kier alpha value is -0.770. The maximum atomic E-state index is 6.27. The van der Waals surface area contributed by atoms with Gasteiger partial charge in [-0.05, 0) is 42.8 Å². The molecule has 19 heavy (non-hydrogen) atoms. The zero-order valence-corrected chi connectivity index (χ0v) is 13.3. The molecule has 0 aliphatic rings. The van der Waals surface area contributed by atoms with Crippen LogP contribution in [0.4, 0.5) is 0 Å². The largest absolute Gasteiger partial charge is 0.346 e. The van der Waals surface area contributed by atoms with Gasteiger partial charge in [0.2, 0.25) is 0 Å². The molecule has 0 amide bonds. The van der Waals surface area contributed by atoms with E-state index in [4.69, 9.17) is 11.6 Å². The summed E-state index contributed by atoms with van der Waals surface area (Å²) in [7, 11) is 0. The normalized spacial score (nSPS) is 10.9. The molecular weight excluding hydrogens is 324 g/mol. The summed E-state index contributed by atoms with van der Waals surface area (Å²) in [5.74, 6) is 0. The topological polar surface area (TPSA) is 17.0 Å². The number of nitrogens with one attached hydrogen (secondary N) is 1. The van der Waals surface area contributed by atoms with Gasteiger partial charge in [-0.15, -0.1) is 0 Å². The summed E-state index contributed by atoms with van der Waals surface area (Å²) >= 11 is 9.70. The lowest BCUT2D eigenvalue weighted by Gasteiger charge is -2.11. The number of aromatic nitrogens is 1. The van der Waals surface area contributed by atoms with E-state index in [1.807, 2.05) is 12.1 Å². The summed E-state index contributed by atoms with van der Waals surface area (Å²) < 4.78 is 3.25. The van der Waals surface area contributed by atoms with Crippen LogP contribution in [0.15, 0.2) is 41.0 Å². The second-order valence-corrected chi connectivity index (χ2v) is 5.86. The Bertz CT molecular complexity index is 537. The molecule has 1 N–H and O–H groups in total. The molecule has 2 rings (SSSR count). The minimum Gasteiger partial charge on any atom is -0.346 e. The minimum atomic E-state index is 0.801. The SMILES string of the molecule is CCCNCc1cccn1Cc1ccc(Br)cc1Cl. The first-order chi connectivity index (χ1) is 9.20. The van der Waals surface area contributed by atoms with E-state index in [1.165, 1.54) is 5.69 Å². The fraction of sp³-hybridized carbons (Fsp3) is 0.333. The van der Waals surface area contributed by atoms with Crippen LogP contribution in [-0.4, -0.2) is 11.1 Å². The first kappa shape index (κ1) is 14.6. The van der Waals surface area contributed by atoms with Crippen molar-refractivity contribution in [2.45, 2.75) is 26.4 Å². The number of halogens is 2. The highest BCUT2D eigenvalue weighted by atomic mass is 79.9. The van der Waals surface area contributed by atoms with E-state index < -0.39 is 0 Å². The van der Waals surface area contributed by atoms with Crippen molar-refractivity contribution < 1.29 is 0 Å². The summed E-state index contributed by atoms with van der Waals surface area (Å²) in [6, 6.07) is 10.3. The molecule has 0 aliphatic carbocycles. The molecule has 0 aliphatic heterocycles. The van der Waals surface area contributed by atoms with Crippen molar-refractivity contribution in [3.8, 4) is 0 Å². The van der Waals surface area contributed by atoms with Crippen LogP contribution in [0.2, 0.25) is 5.02 Å². The summed E-state index contributed by atoms with van der Waals surface area (Å²) in [6.45, 7) is 4.93. The molecular formula is C15H18BrClN2. The van der Waals surface area contributed by atoms with Gasteiger partial charge in [-0.2, -0.15) is 0 Å². The monoisotopic (exact) mass is 340 g/mol. The van der Waals surface area contributed by atoms with Crippen LogP contribution < -0.4 is 5.32 Å². The van der Waals surface area contributed by atoms with E-state index in [-0.39, 0.29) is 0 Å². The maximum Gasteiger partial charge on any atom is 0.0488 e. The number of hydrogen-bond acceptors (Lipinski definition) is 1. The number of benzene rings is 1. The molecule has 0 fully saturated rings. The van der Waals surface area contributed by atoms with E-state index in [0.717, 1.165) is 41.1 Å². The highest BCUT2D eigenvalue weighted by Crippen LogP contribution is 2.22. The van der Waals surface area contributed by atoms with Gasteiger partial charge in [-0.1, -0.05) is 40.5 Å². The molecule has 0 radical (unpaired) electrons. The lowest BCUT2D eigenvalue weighted by atomic mass is 10.2. The van der Waals surface area contributed by atoms with Crippen molar-refractivity contribution in [3.63, 3.8) is 0 Å². The molecule has 1 aromatic heterocycles. The second-order valence-electron chi connectivity index (χ2n) is 4.54. The molecule has 0 saturated heterocycles. The Balaban J connectivity index is 2.08. The van der Waals surface area contributed by atoms with Gasteiger partial charge in [0.25, 0.3) is 0 Å². The molecule has 102 valence electrons. The highest BCUT2D eigenvalue weighted by molar-refractivity contribution is 9.10. The molecule has 0 bridgehead atoms. The predicted octanol–water partition coefficient (Wildman–Crippen LogP) is 4.45. The van der Waals surface area contributed by atoms with Gasteiger partial charge < -0.3 is 9.88 Å². The molecule has 2 nitrogen and oxygen atoms in total. The van der Waals surface area contributed by atoms with Crippen LogP contribution in [0.25, 0.3) is 0 Å². The molecule has 4 heteroatoms. The van der Waals surface area contributed by atoms with Crippen LogP contribution in [-0.2, 0) is 13.1 Å². The standard InChI is InChI=1S/C15H18BrClN2/c1-2-7-18-10-14-4-3-8-19(14)11-12-5-6-13(16)9-15(12)17/h3-6,8-9,18H,2,7,10-11H2,1H3. The van der Waals surface area contributed by atoms with Crippen LogP contribution in [0.5, 0.6) is 0 Å². The Morgan fingerprint density at radius 2 is 2.16 bits per heavy atom. The van der Waals surface area contributed by atoms with Gasteiger partial charge >= 0.3 is 0 Å². The van der Waals surface area contributed by atoms with Crippen molar-refractivity contribution in [2.24, 2.45) is 0 Å². The summed E-state index contributed by atoms with van der Waals surface area (Å²) in [5, 5.41) is 4.23. The van der Waals surface area contributed by atoms with Crippen LogP contribution in [0, 0.1) is 0 Å². The van der Waals surface area contributed by atoms with Crippen LogP contribution >= 0.6 is 27.5 Å². The fourth-order valence-electron chi connectivity index (χ4n) is 1.99. The number of rotatable bonds is 6. The van der Waals surface area contributed by atoms with E-state index in [9.17, 15) is 0 Å². The predicted molar refractivity (Wildman–Crippen MR) is 84.7 cm³/mol. The lowest BCUT2D eigenvalue weighted by molar-refractivity contribution is 0.630. The Morgan fingerprint density at radius 1 is 1.32 bits per heavy atom. The van der Waals surface area contributed by atoms with Crippen molar-refractivity contribution in [2.75, 3.05) is 6.54 Å². The molecule has 0 spiro atoms. The Kier molecular flexibility index (Phi) is 5.49. The van der Waals surface area contributed by atoms with E-state index in [0.29, 0.717) is 0 Å².